The normalized spacial score (nSPS) is 22.6. The van der Waals surface area contributed by atoms with Crippen molar-refractivity contribution in [2.75, 3.05) is 13.2 Å². The molecular weight excluding hydrogens is 236 g/mol. The molecule has 2 aromatic heterocycles. The SMILES string of the molecule is c1cc2n(c1)-c1ccsc1/C2=N\OCC1CO1. The van der Waals surface area contributed by atoms with Gasteiger partial charge in [-0.2, -0.15) is 0 Å². The summed E-state index contributed by atoms with van der Waals surface area (Å²) in [6, 6.07) is 6.19. The molecule has 0 aromatic carbocycles. The molecule has 0 radical (unpaired) electrons. The molecule has 17 heavy (non-hydrogen) atoms. The Morgan fingerprint density at radius 2 is 2.47 bits per heavy atom. The standard InChI is InChI=1S/C12H10N2O2S/c1-2-9-11(13-16-7-8-6-15-8)12-10(3-5-17-12)14(9)4-1/h1-5,8H,6-7H2/b13-11-. The molecule has 0 N–H and O–H groups in total. The summed E-state index contributed by atoms with van der Waals surface area (Å²) in [5, 5.41) is 6.33. The van der Waals surface area contributed by atoms with Crippen LogP contribution in [0.25, 0.3) is 5.69 Å². The Labute approximate surface area is 102 Å². The van der Waals surface area contributed by atoms with Gasteiger partial charge in [0, 0.05) is 6.20 Å². The van der Waals surface area contributed by atoms with E-state index in [0.29, 0.717) is 6.61 Å². The fourth-order valence-corrected chi connectivity index (χ4v) is 2.88. The molecule has 0 aliphatic carbocycles. The monoisotopic (exact) mass is 246 g/mol. The lowest BCUT2D eigenvalue weighted by Gasteiger charge is -1.98. The third-order valence-corrected chi connectivity index (χ3v) is 3.84. The number of oxime groups is 1. The van der Waals surface area contributed by atoms with Gasteiger partial charge in [0.2, 0.25) is 0 Å². The van der Waals surface area contributed by atoms with E-state index in [1.54, 1.807) is 11.3 Å². The van der Waals surface area contributed by atoms with Gasteiger partial charge in [-0.05, 0) is 23.6 Å². The van der Waals surface area contributed by atoms with Crippen LogP contribution < -0.4 is 0 Å². The summed E-state index contributed by atoms with van der Waals surface area (Å²) in [7, 11) is 0. The minimum Gasteiger partial charge on any atom is -0.392 e. The maximum Gasteiger partial charge on any atom is 0.146 e. The minimum absolute atomic E-state index is 0.246. The van der Waals surface area contributed by atoms with E-state index in [9.17, 15) is 0 Å². The number of aromatic nitrogens is 1. The Kier molecular flexibility index (Phi) is 1.92. The van der Waals surface area contributed by atoms with Crippen LogP contribution in [0.15, 0.2) is 34.9 Å². The molecule has 0 spiro atoms. The zero-order valence-corrected chi connectivity index (χ0v) is 9.81. The number of rotatable bonds is 3. The van der Waals surface area contributed by atoms with Gasteiger partial charge in [-0.1, -0.05) is 5.16 Å². The minimum atomic E-state index is 0.246. The van der Waals surface area contributed by atoms with E-state index in [-0.39, 0.29) is 6.10 Å². The Bertz CT molecular complexity index is 553. The lowest BCUT2D eigenvalue weighted by atomic mass is 10.2. The first-order valence-corrected chi connectivity index (χ1v) is 6.39. The van der Waals surface area contributed by atoms with Gasteiger partial charge in [-0.15, -0.1) is 11.3 Å². The Morgan fingerprint density at radius 1 is 1.53 bits per heavy atom. The predicted octanol–water partition coefficient (Wildman–Crippen LogP) is 2.02. The number of hydrogen-bond donors (Lipinski definition) is 0. The maximum absolute atomic E-state index is 5.35. The van der Waals surface area contributed by atoms with E-state index in [0.717, 1.165) is 18.0 Å². The summed E-state index contributed by atoms with van der Waals surface area (Å²) in [5.74, 6) is 0. The molecule has 0 saturated carbocycles. The molecule has 1 fully saturated rings. The number of fused-ring (bicyclic) bond motifs is 3. The fourth-order valence-electron chi connectivity index (χ4n) is 2.01. The highest BCUT2D eigenvalue weighted by atomic mass is 32.1. The van der Waals surface area contributed by atoms with Crippen LogP contribution in [0.3, 0.4) is 0 Å². The van der Waals surface area contributed by atoms with E-state index in [1.807, 2.05) is 12.3 Å². The third-order valence-electron chi connectivity index (χ3n) is 2.93. The summed E-state index contributed by atoms with van der Waals surface area (Å²) in [4.78, 5) is 6.53. The smallest absolute Gasteiger partial charge is 0.146 e. The van der Waals surface area contributed by atoms with E-state index < -0.39 is 0 Å². The van der Waals surface area contributed by atoms with Crippen molar-refractivity contribution >= 4 is 17.0 Å². The number of epoxide rings is 1. The van der Waals surface area contributed by atoms with Crippen LogP contribution in [0.1, 0.15) is 10.6 Å². The number of hydrogen-bond acceptors (Lipinski definition) is 4. The second-order valence-electron chi connectivity index (χ2n) is 4.09. The highest BCUT2D eigenvalue weighted by Crippen LogP contribution is 2.32. The molecule has 2 aromatic rings. The van der Waals surface area contributed by atoms with Gasteiger partial charge in [0.25, 0.3) is 0 Å². The van der Waals surface area contributed by atoms with Crippen molar-refractivity contribution in [3.63, 3.8) is 0 Å². The molecule has 2 aliphatic rings. The first-order chi connectivity index (χ1) is 8.43. The lowest BCUT2D eigenvalue weighted by molar-refractivity contribution is 0.125. The summed E-state index contributed by atoms with van der Waals surface area (Å²) >= 11 is 1.69. The first-order valence-electron chi connectivity index (χ1n) is 5.51. The van der Waals surface area contributed by atoms with E-state index >= 15 is 0 Å². The van der Waals surface area contributed by atoms with Crippen molar-refractivity contribution in [1.29, 1.82) is 0 Å². The lowest BCUT2D eigenvalue weighted by Crippen LogP contribution is -2.02. The Hall–Kier alpha value is -1.59. The Balaban J connectivity index is 1.70. The molecule has 1 saturated heterocycles. The molecule has 0 bridgehead atoms. The largest absolute Gasteiger partial charge is 0.392 e. The van der Waals surface area contributed by atoms with Crippen LogP contribution in [0, 0.1) is 0 Å². The van der Waals surface area contributed by atoms with Crippen LogP contribution in [-0.4, -0.2) is 29.6 Å². The fraction of sp³-hybridized carbons (Fsp3) is 0.250. The van der Waals surface area contributed by atoms with Gasteiger partial charge in [-0.3, -0.25) is 0 Å². The first kappa shape index (κ1) is 9.44. The van der Waals surface area contributed by atoms with Crippen molar-refractivity contribution in [3.8, 4) is 5.69 Å². The molecule has 0 amide bonds. The van der Waals surface area contributed by atoms with Crippen molar-refractivity contribution in [2.45, 2.75) is 6.10 Å². The van der Waals surface area contributed by atoms with Crippen molar-refractivity contribution in [2.24, 2.45) is 5.16 Å². The summed E-state index contributed by atoms with van der Waals surface area (Å²) in [6.45, 7) is 1.34. The number of nitrogens with zero attached hydrogens (tertiary/aromatic N) is 2. The van der Waals surface area contributed by atoms with Crippen molar-refractivity contribution in [1.82, 2.24) is 4.57 Å². The number of thiophene rings is 1. The zero-order chi connectivity index (χ0) is 11.2. The van der Waals surface area contributed by atoms with Gasteiger partial charge in [0.1, 0.15) is 18.4 Å². The van der Waals surface area contributed by atoms with Crippen LogP contribution in [-0.2, 0) is 9.57 Å². The second-order valence-corrected chi connectivity index (χ2v) is 5.01. The summed E-state index contributed by atoms with van der Waals surface area (Å²) < 4.78 is 7.23. The molecular formula is C12H10N2O2S. The van der Waals surface area contributed by atoms with Gasteiger partial charge in [0.15, 0.2) is 0 Å². The quantitative estimate of drug-likeness (QED) is 0.524. The third kappa shape index (κ3) is 1.43. The topological polar surface area (TPSA) is 39.0 Å². The molecule has 86 valence electrons. The van der Waals surface area contributed by atoms with Crippen LogP contribution in [0.4, 0.5) is 0 Å². The predicted molar refractivity (Wildman–Crippen MR) is 65.0 cm³/mol. The maximum atomic E-state index is 5.35. The molecule has 4 heterocycles. The highest BCUT2D eigenvalue weighted by molar-refractivity contribution is 7.13. The Morgan fingerprint density at radius 3 is 3.35 bits per heavy atom. The number of ether oxygens (including phenoxy) is 1. The van der Waals surface area contributed by atoms with E-state index in [2.05, 4.69) is 27.2 Å². The molecule has 4 nitrogen and oxygen atoms in total. The zero-order valence-electron chi connectivity index (χ0n) is 9.00. The average molecular weight is 246 g/mol. The van der Waals surface area contributed by atoms with E-state index in [4.69, 9.17) is 9.57 Å². The van der Waals surface area contributed by atoms with Crippen LogP contribution in [0.2, 0.25) is 0 Å². The van der Waals surface area contributed by atoms with Gasteiger partial charge in [0.05, 0.1) is 22.9 Å². The highest BCUT2D eigenvalue weighted by Gasteiger charge is 2.27. The van der Waals surface area contributed by atoms with Gasteiger partial charge in [-0.25, -0.2) is 0 Å². The van der Waals surface area contributed by atoms with Crippen molar-refractivity contribution in [3.05, 3.63) is 40.3 Å². The molecule has 4 rings (SSSR count). The molecule has 1 atom stereocenters. The van der Waals surface area contributed by atoms with E-state index in [1.165, 1.54) is 10.6 Å². The molecule has 5 heteroatoms. The van der Waals surface area contributed by atoms with Crippen molar-refractivity contribution < 1.29 is 9.57 Å². The second kappa shape index (κ2) is 3.45. The summed E-state index contributed by atoms with van der Waals surface area (Å²) in [6.07, 6.45) is 2.29. The van der Waals surface area contributed by atoms with Gasteiger partial charge >= 0.3 is 0 Å². The van der Waals surface area contributed by atoms with Crippen LogP contribution in [0.5, 0.6) is 0 Å². The average Bonchev–Trinajstić information content (AvgIpc) is 2.78. The molecule has 2 aliphatic heterocycles. The van der Waals surface area contributed by atoms with Crippen LogP contribution >= 0.6 is 11.3 Å². The summed E-state index contributed by atoms with van der Waals surface area (Å²) in [5.41, 5.74) is 3.23. The van der Waals surface area contributed by atoms with Gasteiger partial charge < -0.3 is 14.1 Å². The molecule has 1 unspecified atom stereocenters.